The summed E-state index contributed by atoms with van der Waals surface area (Å²) in [4.78, 5) is 26.2. The minimum absolute atomic E-state index is 0.127. The molecule has 0 bridgehead atoms. The minimum Gasteiger partial charge on any atom is -0.490 e. The molecule has 0 saturated carbocycles. The molecule has 0 spiro atoms. The highest BCUT2D eigenvalue weighted by Gasteiger charge is 2.25. The van der Waals surface area contributed by atoms with Crippen molar-refractivity contribution >= 4 is 11.6 Å². The number of carbonyl (C=O) groups is 1. The fourth-order valence-electron chi connectivity index (χ4n) is 3.71. The van der Waals surface area contributed by atoms with E-state index in [1.165, 1.54) is 32.1 Å². The molecular formula is C22H27N3O4. The average molecular weight is 397 g/mol. The Bertz CT molecular complexity index is 850. The number of benzene rings is 2. The van der Waals surface area contributed by atoms with Crippen LogP contribution in [0.2, 0.25) is 0 Å². The van der Waals surface area contributed by atoms with Gasteiger partial charge in [0, 0.05) is 12.6 Å². The van der Waals surface area contributed by atoms with Crippen molar-refractivity contribution in [3.63, 3.8) is 0 Å². The second-order valence-corrected chi connectivity index (χ2v) is 7.39. The summed E-state index contributed by atoms with van der Waals surface area (Å²) in [5, 5.41) is 14.5. The van der Waals surface area contributed by atoms with Crippen molar-refractivity contribution in [1.29, 1.82) is 0 Å². The van der Waals surface area contributed by atoms with Crippen molar-refractivity contribution in [1.82, 2.24) is 10.2 Å². The zero-order valence-corrected chi connectivity index (χ0v) is 16.8. The molecule has 1 amide bonds. The molecule has 7 nitrogen and oxygen atoms in total. The first-order valence-corrected chi connectivity index (χ1v) is 9.89. The zero-order valence-electron chi connectivity index (χ0n) is 16.8. The van der Waals surface area contributed by atoms with Crippen LogP contribution in [0.3, 0.4) is 0 Å². The molecule has 0 aliphatic carbocycles. The molecule has 0 radical (unpaired) electrons. The van der Waals surface area contributed by atoms with Crippen molar-refractivity contribution < 1.29 is 14.5 Å². The molecule has 1 aliphatic rings. The molecule has 0 aromatic heterocycles. The predicted octanol–water partition coefficient (Wildman–Crippen LogP) is 3.66. The Morgan fingerprint density at radius 1 is 1.17 bits per heavy atom. The predicted molar refractivity (Wildman–Crippen MR) is 111 cm³/mol. The number of hydrogen-bond donors (Lipinski definition) is 1. The van der Waals surface area contributed by atoms with Gasteiger partial charge < -0.3 is 15.0 Å². The van der Waals surface area contributed by atoms with Gasteiger partial charge in [0.1, 0.15) is 0 Å². The van der Waals surface area contributed by atoms with Crippen LogP contribution >= 0.6 is 0 Å². The number of hydrogen-bond acceptors (Lipinski definition) is 5. The summed E-state index contributed by atoms with van der Waals surface area (Å²) < 4.78 is 5.05. The molecule has 1 N–H and O–H groups in total. The fourth-order valence-corrected chi connectivity index (χ4v) is 3.71. The Morgan fingerprint density at radius 2 is 1.86 bits per heavy atom. The molecule has 1 heterocycles. The van der Waals surface area contributed by atoms with Gasteiger partial charge in [-0.2, -0.15) is 0 Å². The van der Waals surface area contributed by atoms with E-state index in [9.17, 15) is 14.9 Å². The second-order valence-electron chi connectivity index (χ2n) is 7.39. The third-order valence-electron chi connectivity index (χ3n) is 5.45. The third-order valence-corrected chi connectivity index (χ3v) is 5.45. The van der Waals surface area contributed by atoms with E-state index < -0.39 is 10.8 Å². The minimum atomic E-state index is -0.524. The summed E-state index contributed by atoms with van der Waals surface area (Å²) in [6, 6.07) is 14.5. The molecule has 3 rings (SSSR count). The van der Waals surface area contributed by atoms with E-state index in [2.05, 4.69) is 10.2 Å². The van der Waals surface area contributed by atoms with Crippen LogP contribution in [0.1, 0.15) is 42.9 Å². The van der Waals surface area contributed by atoms with Gasteiger partial charge in [0.25, 0.3) is 0 Å². The Hall–Kier alpha value is -2.93. The number of ether oxygens (including phenoxy) is 1. The van der Waals surface area contributed by atoms with Crippen LogP contribution in [0.5, 0.6) is 5.75 Å². The van der Waals surface area contributed by atoms with Gasteiger partial charge in [-0.05, 0) is 50.0 Å². The molecule has 1 fully saturated rings. The Kier molecular flexibility index (Phi) is 6.82. The van der Waals surface area contributed by atoms with Crippen molar-refractivity contribution in [3.05, 3.63) is 69.8 Å². The molecule has 1 saturated heterocycles. The topological polar surface area (TPSA) is 84.7 Å². The van der Waals surface area contributed by atoms with Gasteiger partial charge in [0.05, 0.1) is 24.0 Å². The van der Waals surface area contributed by atoms with Crippen molar-refractivity contribution in [2.24, 2.45) is 0 Å². The number of nitro groups is 1. The SMILES string of the molecule is COc1ccc(C(C)C(=O)N[C@H](CN2CCCC2)c2ccccc2)cc1[N+](=O)[O-]. The summed E-state index contributed by atoms with van der Waals surface area (Å²) in [6.07, 6.45) is 2.36. The van der Waals surface area contributed by atoms with Gasteiger partial charge in [0.2, 0.25) is 5.91 Å². The van der Waals surface area contributed by atoms with Crippen molar-refractivity contribution in [3.8, 4) is 5.75 Å². The van der Waals surface area contributed by atoms with Crippen LogP contribution in [0.25, 0.3) is 0 Å². The lowest BCUT2D eigenvalue weighted by Crippen LogP contribution is -2.38. The Balaban J connectivity index is 1.78. The first-order chi connectivity index (χ1) is 14.0. The molecule has 2 aromatic carbocycles. The van der Waals surface area contributed by atoms with Crippen LogP contribution in [-0.4, -0.2) is 42.5 Å². The normalized spacial score (nSPS) is 16.2. The van der Waals surface area contributed by atoms with Crippen LogP contribution in [-0.2, 0) is 4.79 Å². The van der Waals surface area contributed by atoms with Gasteiger partial charge in [-0.25, -0.2) is 0 Å². The van der Waals surface area contributed by atoms with E-state index in [1.54, 1.807) is 13.0 Å². The number of methoxy groups -OCH3 is 1. The fraction of sp³-hybridized carbons (Fsp3) is 0.409. The standard InChI is InChI=1S/C22H27N3O4/c1-16(18-10-11-21(29-2)20(14-18)25(27)28)22(26)23-19(15-24-12-6-7-13-24)17-8-4-3-5-9-17/h3-5,8-11,14,16,19H,6-7,12-13,15H2,1-2H3,(H,23,26)/t16?,19-/m1/s1. The molecule has 7 heteroatoms. The molecule has 2 atom stereocenters. The first-order valence-electron chi connectivity index (χ1n) is 9.89. The molecule has 29 heavy (non-hydrogen) atoms. The van der Waals surface area contributed by atoms with Gasteiger partial charge in [-0.15, -0.1) is 0 Å². The van der Waals surface area contributed by atoms with Crippen LogP contribution < -0.4 is 10.1 Å². The van der Waals surface area contributed by atoms with Crippen LogP contribution in [0, 0.1) is 10.1 Å². The summed E-state index contributed by atoms with van der Waals surface area (Å²) in [5.41, 5.74) is 1.50. The van der Waals surface area contributed by atoms with E-state index in [0.717, 1.165) is 25.2 Å². The largest absolute Gasteiger partial charge is 0.490 e. The van der Waals surface area contributed by atoms with Gasteiger partial charge in [-0.3, -0.25) is 14.9 Å². The maximum Gasteiger partial charge on any atom is 0.311 e. The molecule has 2 aromatic rings. The quantitative estimate of drug-likeness (QED) is 0.543. The maximum atomic E-state index is 13.0. The third kappa shape index (κ3) is 5.12. The van der Waals surface area contributed by atoms with Crippen molar-refractivity contribution in [2.45, 2.75) is 31.7 Å². The molecule has 1 unspecified atom stereocenters. The van der Waals surface area contributed by atoms with Gasteiger partial charge >= 0.3 is 5.69 Å². The highest BCUT2D eigenvalue weighted by atomic mass is 16.6. The van der Waals surface area contributed by atoms with E-state index in [1.807, 2.05) is 30.3 Å². The van der Waals surface area contributed by atoms with E-state index in [0.29, 0.717) is 5.56 Å². The first kappa shape index (κ1) is 20.8. The lowest BCUT2D eigenvalue weighted by Gasteiger charge is -2.26. The molecular weight excluding hydrogens is 370 g/mol. The Labute approximate surface area is 170 Å². The smallest absolute Gasteiger partial charge is 0.311 e. The summed E-state index contributed by atoms with van der Waals surface area (Å²) >= 11 is 0. The highest BCUT2D eigenvalue weighted by molar-refractivity contribution is 5.84. The number of likely N-dealkylation sites (tertiary alicyclic amines) is 1. The van der Waals surface area contributed by atoms with Crippen LogP contribution in [0.4, 0.5) is 5.69 Å². The number of nitrogens with zero attached hydrogens (tertiary/aromatic N) is 2. The lowest BCUT2D eigenvalue weighted by atomic mass is 9.98. The monoisotopic (exact) mass is 397 g/mol. The number of rotatable bonds is 8. The maximum absolute atomic E-state index is 13.0. The van der Waals surface area contributed by atoms with Crippen molar-refractivity contribution in [2.75, 3.05) is 26.7 Å². The lowest BCUT2D eigenvalue weighted by molar-refractivity contribution is -0.385. The summed E-state index contributed by atoms with van der Waals surface area (Å²) in [7, 11) is 1.39. The highest BCUT2D eigenvalue weighted by Crippen LogP contribution is 2.31. The van der Waals surface area contributed by atoms with Gasteiger partial charge in [-0.1, -0.05) is 36.4 Å². The Morgan fingerprint density at radius 3 is 2.48 bits per heavy atom. The number of carbonyl (C=O) groups excluding carboxylic acids is 1. The summed E-state index contributed by atoms with van der Waals surface area (Å²) in [6.45, 7) is 4.60. The number of nitro benzene ring substituents is 1. The van der Waals surface area contributed by atoms with E-state index in [-0.39, 0.29) is 23.4 Å². The average Bonchev–Trinajstić information content (AvgIpc) is 3.26. The van der Waals surface area contributed by atoms with E-state index in [4.69, 9.17) is 4.74 Å². The summed E-state index contributed by atoms with van der Waals surface area (Å²) in [5.74, 6) is -0.496. The van der Waals surface area contributed by atoms with E-state index >= 15 is 0 Å². The van der Waals surface area contributed by atoms with Gasteiger partial charge in [0.15, 0.2) is 5.75 Å². The number of amides is 1. The van der Waals surface area contributed by atoms with Crippen LogP contribution in [0.15, 0.2) is 48.5 Å². The molecule has 1 aliphatic heterocycles. The number of nitrogens with one attached hydrogen (secondary N) is 1. The zero-order chi connectivity index (χ0) is 20.8. The second kappa shape index (κ2) is 9.52. The molecule has 154 valence electrons.